The maximum Gasteiger partial charge on any atom is 0.133 e. The number of hydrogen-bond acceptors (Lipinski definition) is 2. The molecule has 0 saturated carbocycles. The van der Waals surface area contributed by atoms with E-state index in [-0.39, 0.29) is 11.5 Å². The van der Waals surface area contributed by atoms with Crippen LogP contribution in [0.4, 0.5) is 13.2 Å². The van der Waals surface area contributed by atoms with Crippen molar-refractivity contribution in [3.8, 4) is 0 Å². The standard InChI is InChI=1S/C15H22F3NO/c1-4-6-19-15(10(2)5-7-20-3)14-12(17)8-11(16)9-13(14)18/h8-10,15,19H,4-7H2,1-3H3. The second kappa shape index (κ2) is 8.27. The lowest BCUT2D eigenvalue weighted by Crippen LogP contribution is -2.30. The maximum atomic E-state index is 13.9. The van der Waals surface area contributed by atoms with E-state index >= 15 is 0 Å². The molecule has 0 aromatic heterocycles. The molecule has 0 saturated heterocycles. The molecule has 1 aromatic carbocycles. The van der Waals surface area contributed by atoms with Crippen molar-refractivity contribution < 1.29 is 17.9 Å². The van der Waals surface area contributed by atoms with Gasteiger partial charge in [-0.1, -0.05) is 13.8 Å². The first-order valence-electron chi connectivity index (χ1n) is 6.88. The third-order valence-electron chi connectivity index (χ3n) is 3.32. The zero-order valence-electron chi connectivity index (χ0n) is 12.2. The van der Waals surface area contributed by atoms with Gasteiger partial charge in [0.2, 0.25) is 0 Å². The highest BCUT2D eigenvalue weighted by atomic mass is 19.1. The molecule has 0 aliphatic heterocycles. The van der Waals surface area contributed by atoms with Crippen LogP contribution in [0.3, 0.4) is 0 Å². The largest absolute Gasteiger partial charge is 0.385 e. The molecule has 5 heteroatoms. The van der Waals surface area contributed by atoms with Gasteiger partial charge in [-0.3, -0.25) is 0 Å². The molecule has 0 aliphatic carbocycles. The molecule has 2 unspecified atom stereocenters. The third-order valence-corrected chi connectivity index (χ3v) is 3.32. The predicted octanol–water partition coefficient (Wildman–Crippen LogP) is 3.82. The van der Waals surface area contributed by atoms with Gasteiger partial charge >= 0.3 is 0 Å². The molecular weight excluding hydrogens is 267 g/mol. The molecule has 1 N–H and O–H groups in total. The molecule has 20 heavy (non-hydrogen) atoms. The molecule has 0 radical (unpaired) electrons. The summed E-state index contributed by atoms with van der Waals surface area (Å²) in [6, 6.07) is 0.954. The van der Waals surface area contributed by atoms with Gasteiger partial charge in [-0.2, -0.15) is 0 Å². The first-order chi connectivity index (χ1) is 9.51. The minimum absolute atomic E-state index is 0.0315. The summed E-state index contributed by atoms with van der Waals surface area (Å²) in [6.07, 6.45) is 1.51. The number of ether oxygens (including phenoxy) is 1. The van der Waals surface area contributed by atoms with Gasteiger partial charge < -0.3 is 10.1 Å². The lowest BCUT2D eigenvalue weighted by molar-refractivity contribution is 0.169. The Labute approximate surface area is 118 Å². The smallest absolute Gasteiger partial charge is 0.133 e. The Bertz CT molecular complexity index is 403. The van der Waals surface area contributed by atoms with Crippen molar-refractivity contribution >= 4 is 0 Å². The fourth-order valence-corrected chi connectivity index (χ4v) is 2.21. The van der Waals surface area contributed by atoms with E-state index in [1.54, 1.807) is 7.11 Å². The second-order valence-electron chi connectivity index (χ2n) is 4.97. The Hall–Kier alpha value is -1.07. The normalized spacial score (nSPS) is 14.3. The third kappa shape index (κ3) is 4.49. The average molecular weight is 289 g/mol. The second-order valence-corrected chi connectivity index (χ2v) is 4.97. The number of nitrogens with one attached hydrogen (secondary N) is 1. The Morgan fingerprint density at radius 3 is 2.30 bits per heavy atom. The van der Waals surface area contributed by atoms with Crippen molar-refractivity contribution in [2.24, 2.45) is 5.92 Å². The van der Waals surface area contributed by atoms with Crippen molar-refractivity contribution in [2.75, 3.05) is 20.3 Å². The van der Waals surface area contributed by atoms with Crippen LogP contribution in [0.5, 0.6) is 0 Å². The van der Waals surface area contributed by atoms with Gasteiger partial charge in [-0.05, 0) is 25.3 Å². The predicted molar refractivity (Wildman–Crippen MR) is 73.0 cm³/mol. The van der Waals surface area contributed by atoms with Crippen molar-refractivity contribution in [3.63, 3.8) is 0 Å². The van der Waals surface area contributed by atoms with E-state index in [2.05, 4.69) is 5.32 Å². The van der Waals surface area contributed by atoms with Crippen molar-refractivity contribution in [1.29, 1.82) is 0 Å². The molecule has 114 valence electrons. The van der Waals surface area contributed by atoms with Crippen LogP contribution in [-0.2, 0) is 4.74 Å². The Kier molecular flexibility index (Phi) is 7.02. The van der Waals surface area contributed by atoms with E-state index in [9.17, 15) is 13.2 Å². The average Bonchev–Trinajstić information content (AvgIpc) is 2.38. The molecule has 0 spiro atoms. The zero-order valence-corrected chi connectivity index (χ0v) is 12.2. The van der Waals surface area contributed by atoms with E-state index < -0.39 is 23.5 Å². The summed E-state index contributed by atoms with van der Waals surface area (Å²) in [6.45, 7) is 5.02. The summed E-state index contributed by atoms with van der Waals surface area (Å²) in [5, 5.41) is 3.14. The summed E-state index contributed by atoms with van der Waals surface area (Å²) in [5.74, 6) is -2.63. The Morgan fingerprint density at radius 2 is 1.80 bits per heavy atom. The summed E-state index contributed by atoms with van der Waals surface area (Å²) in [5.41, 5.74) is -0.0940. The number of hydrogen-bond donors (Lipinski definition) is 1. The SMILES string of the molecule is CCCNC(c1c(F)cc(F)cc1F)C(C)CCOC. The van der Waals surface area contributed by atoms with E-state index in [1.807, 2.05) is 13.8 Å². The molecule has 2 nitrogen and oxygen atoms in total. The van der Waals surface area contributed by atoms with Crippen LogP contribution >= 0.6 is 0 Å². The van der Waals surface area contributed by atoms with E-state index in [4.69, 9.17) is 4.74 Å². The summed E-state index contributed by atoms with van der Waals surface area (Å²) < 4.78 is 45.9. The van der Waals surface area contributed by atoms with Gasteiger partial charge in [0.05, 0.1) is 0 Å². The number of halogens is 3. The van der Waals surface area contributed by atoms with Gasteiger partial charge in [-0.15, -0.1) is 0 Å². The number of benzene rings is 1. The van der Waals surface area contributed by atoms with Crippen molar-refractivity contribution in [1.82, 2.24) is 5.32 Å². The van der Waals surface area contributed by atoms with Gasteiger partial charge in [0, 0.05) is 37.5 Å². The topological polar surface area (TPSA) is 21.3 Å². The number of rotatable bonds is 8. The van der Waals surface area contributed by atoms with Gasteiger partial charge in [0.1, 0.15) is 17.5 Å². The van der Waals surface area contributed by atoms with Crippen LogP contribution in [-0.4, -0.2) is 20.3 Å². The summed E-state index contributed by atoms with van der Waals surface area (Å²) in [4.78, 5) is 0. The molecule has 1 rings (SSSR count). The van der Waals surface area contributed by atoms with Gasteiger partial charge in [-0.25, -0.2) is 13.2 Å². The quantitative estimate of drug-likeness (QED) is 0.785. The lowest BCUT2D eigenvalue weighted by atomic mass is 9.91. The highest BCUT2D eigenvalue weighted by molar-refractivity contribution is 5.25. The summed E-state index contributed by atoms with van der Waals surface area (Å²) >= 11 is 0. The van der Waals surface area contributed by atoms with E-state index in [0.717, 1.165) is 18.6 Å². The zero-order chi connectivity index (χ0) is 15.1. The van der Waals surface area contributed by atoms with Crippen molar-refractivity contribution in [2.45, 2.75) is 32.7 Å². The van der Waals surface area contributed by atoms with E-state index in [0.29, 0.717) is 19.6 Å². The van der Waals surface area contributed by atoms with Crippen LogP contribution < -0.4 is 5.32 Å². The lowest BCUT2D eigenvalue weighted by Gasteiger charge is -2.26. The van der Waals surface area contributed by atoms with Crippen LogP contribution in [0.2, 0.25) is 0 Å². The van der Waals surface area contributed by atoms with Crippen molar-refractivity contribution in [3.05, 3.63) is 35.1 Å². The van der Waals surface area contributed by atoms with Crippen LogP contribution in [0.1, 0.15) is 38.3 Å². The van der Waals surface area contributed by atoms with Crippen LogP contribution in [0.15, 0.2) is 12.1 Å². The minimum atomic E-state index is -0.900. The Balaban J connectivity index is 3.03. The first-order valence-corrected chi connectivity index (χ1v) is 6.88. The molecule has 0 bridgehead atoms. The monoisotopic (exact) mass is 289 g/mol. The minimum Gasteiger partial charge on any atom is -0.385 e. The van der Waals surface area contributed by atoms with E-state index in [1.165, 1.54) is 0 Å². The molecule has 1 aromatic rings. The van der Waals surface area contributed by atoms with Crippen LogP contribution in [0.25, 0.3) is 0 Å². The van der Waals surface area contributed by atoms with Crippen LogP contribution in [0, 0.1) is 23.4 Å². The number of methoxy groups -OCH3 is 1. The molecular formula is C15H22F3NO. The molecule has 0 heterocycles. The highest BCUT2D eigenvalue weighted by Crippen LogP contribution is 2.29. The fourth-order valence-electron chi connectivity index (χ4n) is 2.21. The molecule has 0 amide bonds. The fraction of sp³-hybridized carbons (Fsp3) is 0.600. The summed E-state index contributed by atoms with van der Waals surface area (Å²) in [7, 11) is 1.58. The van der Waals surface area contributed by atoms with Gasteiger partial charge in [0.25, 0.3) is 0 Å². The maximum absolute atomic E-state index is 13.9. The molecule has 0 fully saturated rings. The highest BCUT2D eigenvalue weighted by Gasteiger charge is 2.25. The molecule has 0 aliphatic rings. The van der Waals surface area contributed by atoms with Gasteiger partial charge in [0.15, 0.2) is 0 Å². The molecule has 2 atom stereocenters. The Morgan fingerprint density at radius 1 is 1.20 bits per heavy atom. The first kappa shape index (κ1) is 17.0.